The van der Waals surface area contributed by atoms with Crippen LogP contribution in [0.2, 0.25) is 0 Å². The van der Waals surface area contributed by atoms with Gasteiger partial charge in [0.05, 0.1) is 62.4 Å². The Kier molecular flexibility index (Phi) is 9.87. The van der Waals surface area contributed by atoms with Gasteiger partial charge < -0.3 is 23.7 Å². The van der Waals surface area contributed by atoms with Crippen LogP contribution in [0.5, 0.6) is 11.5 Å². The Balaban J connectivity index is 1.41. The minimum atomic E-state index is 0.327. The molecule has 254 valence electrons. The van der Waals surface area contributed by atoms with Crippen molar-refractivity contribution < 1.29 is 23.7 Å². The van der Waals surface area contributed by atoms with Gasteiger partial charge in [-0.25, -0.2) is 4.98 Å². The topological polar surface area (TPSA) is 84.8 Å². The fraction of sp³-hybridized carbons (Fsp3) is 0.186. The quantitative estimate of drug-likeness (QED) is 0.184. The Morgan fingerprint density at radius 1 is 0.431 bits per heavy atom. The fourth-order valence-electron chi connectivity index (χ4n) is 6.50. The molecule has 4 heterocycles. The zero-order chi connectivity index (χ0) is 34.2. The maximum atomic E-state index is 6.91. The summed E-state index contributed by atoms with van der Waals surface area (Å²) in [5.41, 5.74) is 6.72. The molecule has 1 aliphatic rings. The average Bonchev–Trinajstić information content (AvgIpc) is 3.19. The van der Waals surface area contributed by atoms with E-state index in [4.69, 9.17) is 28.7 Å². The van der Waals surface area contributed by atoms with E-state index in [0.717, 1.165) is 78.1 Å². The lowest BCUT2D eigenvalue weighted by atomic mass is 9.88. The first-order chi connectivity index (χ1) is 25.3. The Bertz CT molecular complexity index is 2210. The monoisotopic (exact) mass is 675 g/mol. The first kappa shape index (κ1) is 32.5. The normalized spacial score (nSPS) is 14.5. The highest BCUT2D eigenvalue weighted by Crippen LogP contribution is 2.50. The van der Waals surface area contributed by atoms with Crippen molar-refractivity contribution in [2.75, 3.05) is 52.9 Å². The molecule has 4 aromatic carbocycles. The Morgan fingerprint density at radius 2 is 0.980 bits per heavy atom. The van der Waals surface area contributed by atoms with Crippen molar-refractivity contribution in [2.24, 2.45) is 0 Å². The largest absolute Gasteiger partial charge is 0.491 e. The van der Waals surface area contributed by atoms with Crippen molar-refractivity contribution in [3.8, 4) is 56.5 Å². The number of pyridine rings is 3. The van der Waals surface area contributed by atoms with E-state index in [2.05, 4.69) is 82.8 Å². The molecule has 7 aromatic rings. The summed E-state index contributed by atoms with van der Waals surface area (Å²) in [6.45, 7) is 3.45. The first-order valence-corrected chi connectivity index (χ1v) is 17.3. The van der Waals surface area contributed by atoms with E-state index in [1.807, 2.05) is 42.5 Å². The van der Waals surface area contributed by atoms with Crippen LogP contribution in [0.4, 0.5) is 0 Å². The lowest BCUT2D eigenvalue weighted by Crippen LogP contribution is -2.14. The maximum absolute atomic E-state index is 6.91. The summed E-state index contributed by atoms with van der Waals surface area (Å²) >= 11 is 0. The van der Waals surface area contributed by atoms with Gasteiger partial charge in [0.15, 0.2) is 0 Å². The summed E-state index contributed by atoms with van der Waals surface area (Å²) in [5, 5.41) is 4.27. The molecule has 0 amide bonds. The summed E-state index contributed by atoms with van der Waals surface area (Å²) in [4.78, 5) is 14.4. The van der Waals surface area contributed by atoms with E-state index in [1.54, 1.807) is 12.4 Å². The highest BCUT2D eigenvalue weighted by molar-refractivity contribution is 6.12. The van der Waals surface area contributed by atoms with E-state index in [-0.39, 0.29) is 0 Å². The lowest BCUT2D eigenvalue weighted by Gasteiger charge is -2.23. The summed E-state index contributed by atoms with van der Waals surface area (Å²) in [6.07, 6.45) is 3.57. The van der Waals surface area contributed by atoms with Crippen molar-refractivity contribution in [3.63, 3.8) is 0 Å². The molecule has 8 heteroatoms. The molecule has 0 fully saturated rings. The van der Waals surface area contributed by atoms with Gasteiger partial charge in [0, 0.05) is 29.1 Å². The highest BCUT2D eigenvalue weighted by atomic mass is 16.6. The van der Waals surface area contributed by atoms with Gasteiger partial charge in [-0.3, -0.25) is 9.97 Å². The summed E-state index contributed by atoms with van der Waals surface area (Å²) in [7, 11) is 0. The molecule has 0 atom stereocenters. The van der Waals surface area contributed by atoms with Crippen LogP contribution in [-0.2, 0) is 14.2 Å². The van der Waals surface area contributed by atoms with E-state index in [0.29, 0.717) is 52.9 Å². The number of rotatable bonds is 3. The first-order valence-electron chi connectivity index (χ1n) is 17.3. The smallest absolute Gasteiger partial charge is 0.135 e. The van der Waals surface area contributed by atoms with Gasteiger partial charge in [-0.2, -0.15) is 0 Å². The van der Waals surface area contributed by atoms with Crippen LogP contribution in [0.3, 0.4) is 0 Å². The predicted octanol–water partition coefficient (Wildman–Crippen LogP) is 8.67. The van der Waals surface area contributed by atoms with Crippen LogP contribution in [0.1, 0.15) is 0 Å². The molecule has 0 N–H and O–H groups in total. The molecule has 51 heavy (non-hydrogen) atoms. The summed E-state index contributed by atoms with van der Waals surface area (Å²) in [6, 6.07) is 39.0. The third-order valence-electron chi connectivity index (χ3n) is 8.84. The minimum absolute atomic E-state index is 0.327. The molecular formula is C43H37N3O5. The molecule has 0 spiro atoms. The Labute approximate surface area is 296 Å². The standard InChI is InChI=1S/C43H37N3O5/c1-3-11-33-30(9-1)15-16-40-41(33)42-34-12-4-2-10-31(34)27-35(43(42)51-26-24-49-22-20-47-19-21-48-23-25-50-40)32-28-38(36-13-5-7-17-44-36)46-39(29-32)37-14-6-8-18-45-37/h1-18,27-29H,19-26H2. The van der Waals surface area contributed by atoms with Crippen LogP contribution >= 0.6 is 0 Å². The van der Waals surface area contributed by atoms with Gasteiger partial charge in [-0.1, -0.05) is 66.7 Å². The second-order valence-corrected chi connectivity index (χ2v) is 12.1. The number of hydrogen-bond donors (Lipinski definition) is 0. The molecule has 1 aliphatic heterocycles. The van der Waals surface area contributed by atoms with E-state index in [9.17, 15) is 0 Å². The molecule has 8 rings (SSSR count). The van der Waals surface area contributed by atoms with E-state index in [1.165, 1.54) is 0 Å². The molecule has 0 saturated heterocycles. The molecule has 0 unspecified atom stereocenters. The van der Waals surface area contributed by atoms with Gasteiger partial charge in [0.25, 0.3) is 0 Å². The second kappa shape index (κ2) is 15.5. The highest BCUT2D eigenvalue weighted by Gasteiger charge is 2.24. The summed E-state index contributed by atoms with van der Waals surface area (Å²) < 4.78 is 31.0. The molecule has 0 aliphatic carbocycles. The Hall–Kier alpha value is -5.67. The van der Waals surface area contributed by atoms with Crippen molar-refractivity contribution in [1.29, 1.82) is 0 Å². The van der Waals surface area contributed by atoms with Crippen LogP contribution in [0.25, 0.3) is 66.6 Å². The van der Waals surface area contributed by atoms with Gasteiger partial charge >= 0.3 is 0 Å². The predicted molar refractivity (Wildman–Crippen MR) is 200 cm³/mol. The van der Waals surface area contributed by atoms with Crippen molar-refractivity contribution in [1.82, 2.24) is 15.0 Å². The second-order valence-electron chi connectivity index (χ2n) is 12.1. The third kappa shape index (κ3) is 7.16. The van der Waals surface area contributed by atoms with Gasteiger partial charge in [-0.15, -0.1) is 0 Å². The van der Waals surface area contributed by atoms with Crippen LogP contribution in [0.15, 0.2) is 128 Å². The van der Waals surface area contributed by atoms with E-state index >= 15 is 0 Å². The van der Waals surface area contributed by atoms with Gasteiger partial charge in [0.2, 0.25) is 0 Å². The van der Waals surface area contributed by atoms with Crippen LogP contribution in [0, 0.1) is 0 Å². The number of fused-ring (bicyclic) bond motifs is 7. The van der Waals surface area contributed by atoms with E-state index < -0.39 is 0 Å². The molecule has 0 radical (unpaired) electrons. The van der Waals surface area contributed by atoms with Gasteiger partial charge in [0.1, 0.15) is 24.7 Å². The average molecular weight is 676 g/mol. The lowest BCUT2D eigenvalue weighted by molar-refractivity contribution is 0.00522. The number of benzene rings is 4. The zero-order valence-corrected chi connectivity index (χ0v) is 28.2. The number of aromatic nitrogens is 3. The molecule has 8 nitrogen and oxygen atoms in total. The number of ether oxygens (including phenoxy) is 5. The van der Waals surface area contributed by atoms with Crippen molar-refractivity contribution in [3.05, 3.63) is 128 Å². The molecule has 0 saturated carbocycles. The molecular weight excluding hydrogens is 638 g/mol. The maximum Gasteiger partial charge on any atom is 0.135 e. The third-order valence-corrected chi connectivity index (χ3v) is 8.84. The minimum Gasteiger partial charge on any atom is -0.491 e. The fourth-order valence-corrected chi connectivity index (χ4v) is 6.50. The van der Waals surface area contributed by atoms with Gasteiger partial charge in [-0.05, 0) is 75.6 Å². The van der Waals surface area contributed by atoms with Crippen LogP contribution < -0.4 is 9.47 Å². The van der Waals surface area contributed by atoms with Crippen molar-refractivity contribution in [2.45, 2.75) is 0 Å². The molecule has 0 bridgehead atoms. The zero-order valence-electron chi connectivity index (χ0n) is 28.2. The molecule has 3 aromatic heterocycles. The van der Waals surface area contributed by atoms with Crippen LogP contribution in [-0.4, -0.2) is 67.8 Å². The number of hydrogen-bond acceptors (Lipinski definition) is 8. The SMILES string of the molecule is c1ccc(-c2cc(-c3cc4ccccc4c4c3OCCOCCOCCOCCOc3ccc5ccccc5c3-4)cc(-c3ccccn3)n2)nc1. The van der Waals surface area contributed by atoms with Crippen molar-refractivity contribution >= 4 is 21.5 Å². The Morgan fingerprint density at radius 3 is 1.61 bits per heavy atom. The number of nitrogens with zero attached hydrogens (tertiary/aromatic N) is 3. The summed E-state index contributed by atoms with van der Waals surface area (Å²) in [5.74, 6) is 1.47.